The molecule has 0 fully saturated rings. The van der Waals surface area contributed by atoms with E-state index in [9.17, 15) is 13.3 Å². The molecule has 1 aliphatic rings. The van der Waals surface area contributed by atoms with Crippen molar-refractivity contribution in [3.63, 3.8) is 0 Å². The summed E-state index contributed by atoms with van der Waals surface area (Å²) in [7, 11) is 0. The van der Waals surface area contributed by atoms with Crippen LogP contribution in [-0.2, 0) is 16.9 Å². The van der Waals surface area contributed by atoms with Crippen LogP contribution in [-0.4, -0.2) is 32.4 Å². The van der Waals surface area contributed by atoms with Crippen LogP contribution in [0.2, 0.25) is 0 Å². The second-order valence-electron chi connectivity index (χ2n) is 5.60. The molecule has 0 saturated heterocycles. The molecule has 7 nitrogen and oxygen atoms in total. The Bertz CT molecular complexity index is 966. The molecule has 0 saturated carbocycles. The molecule has 27 heavy (non-hydrogen) atoms. The van der Waals surface area contributed by atoms with Crippen LogP contribution in [0.3, 0.4) is 0 Å². The lowest BCUT2D eigenvalue weighted by atomic mass is 10.3. The molecule has 4 rings (SSSR count). The lowest BCUT2D eigenvalue weighted by Gasteiger charge is -2.08. The van der Waals surface area contributed by atoms with E-state index in [1.54, 1.807) is 24.4 Å². The van der Waals surface area contributed by atoms with Crippen molar-refractivity contribution < 1.29 is 27.5 Å². The number of imidazole rings is 1. The summed E-state index contributed by atoms with van der Waals surface area (Å²) in [4.78, 5) is 11.2. The second kappa shape index (κ2) is 6.71. The fourth-order valence-electron chi connectivity index (χ4n) is 2.52. The third kappa shape index (κ3) is 3.67. The zero-order chi connectivity index (χ0) is 19.0. The molecule has 0 bridgehead atoms. The minimum atomic E-state index is -3.70. The zero-order valence-electron chi connectivity index (χ0n) is 13.8. The number of aromatic amines is 1. The molecule has 0 amide bonds. The number of pyridine rings is 1. The van der Waals surface area contributed by atoms with Crippen molar-refractivity contribution in [1.29, 1.82) is 0 Å². The summed E-state index contributed by atoms with van der Waals surface area (Å²) in [5.74, 6) is 0.469. The summed E-state index contributed by atoms with van der Waals surface area (Å²) >= 11 is -1.53. The Kier molecular flexibility index (Phi) is 4.36. The highest BCUT2D eigenvalue weighted by molar-refractivity contribution is 7.90. The van der Waals surface area contributed by atoms with Gasteiger partial charge in [-0.05, 0) is 6.07 Å². The van der Waals surface area contributed by atoms with Gasteiger partial charge in [-0.1, -0.05) is 12.7 Å². The Morgan fingerprint density at radius 3 is 2.85 bits per heavy atom. The number of H-pyrrole nitrogens is 1. The zero-order valence-corrected chi connectivity index (χ0v) is 14.6. The molecule has 140 valence electrons. The first-order valence-electron chi connectivity index (χ1n) is 7.80. The van der Waals surface area contributed by atoms with Gasteiger partial charge in [-0.2, -0.15) is 4.98 Å². The Balaban J connectivity index is 1.53. The van der Waals surface area contributed by atoms with Crippen molar-refractivity contribution in [3.05, 3.63) is 48.8 Å². The van der Waals surface area contributed by atoms with Gasteiger partial charge in [0.05, 0.1) is 16.7 Å². The highest BCUT2D eigenvalue weighted by Gasteiger charge is 2.43. The third-order valence-electron chi connectivity index (χ3n) is 3.63. The predicted molar refractivity (Wildman–Crippen MR) is 92.3 cm³/mol. The monoisotopic (exact) mass is 393 g/mol. The summed E-state index contributed by atoms with van der Waals surface area (Å²) in [5.41, 5.74) is 1.31. The van der Waals surface area contributed by atoms with Gasteiger partial charge in [0, 0.05) is 35.6 Å². The van der Waals surface area contributed by atoms with Crippen LogP contribution in [0.5, 0.6) is 17.2 Å². The number of hydrogen-bond acceptors (Lipinski definition) is 6. The van der Waals surface area contributed by atoms with Crippen molar-refractivity contribution >= 4 is 22.2 Å². The summed E-state index contributed by atoms with van der Waals surface area (Å²) in [6.45, 7) is 3.93. The number of ether oxygens (including phenoxy) is 3. The van der Waals surface area contributed by atoms with Crippen LogP contribution < -0.4 is 14.2 Å². The maximum Gasteiger partial charge on any atom is 0.586 e. The number of benzene rings is 1. The maximum atomic E-state index is 13.1. The Hall–Kier alpha value is -2.85. The highest BCUT2D eigenvalue weighted by Crippen LogP contribution is 2.42. The van der Waals surface area contributed by atoms with Gasteiger partial charge in [0.1, 0.15) is 12.4 Å². The third-order valence-corrected chi connectivity index (χ3v) is 4.82. The molecule has 0 radical (unpaired) electrons. The van der Waals surface area contributed by atoms with Crippen molar-refractivity contribution in [3.8, 4) is 17.2 Å². The standard InChI is InChI=1S/C17H13F2N3O4S/c1-2-5-24-11-3-4-20-10(6-11)9-27(23)16-21-12-7-14-15(8-13(12)22-16)26-17(18,19)25-14/h2-4,6-8H,1,5,9H2,(H,21,22). The summed E-state index contributed by atoms with van der Waals surface area (Å²) < 4.78 is 53.0. The molecular weight excluding hydrogens is 380 g/mol. The van der Waals surface area contributed by atoms with Gasteiger partial charge in [-0.3, -0.25) is 9.97 Å². The molecule has 10 heteroatoms. The molecule has 1 N–H and O–H groups in total. The number of alkyl halides is 2. The largest absolute Gasteiger partial charge is 0.609 e. The topological polar surface area (TPSA) is 92.3 Å². The van der Waals surface area contributed by atoms with Gasteiger partial charge < -0.3 is 18.8 Å². The summed E-state index contributed by atoms with van der Waals surface area (Å²) in [6.07, 6.45) is -0.520. The average molecular weight is 393 g/mol. The number of fused-ring (bicyclic) bond motifs is 2. The molecule has 3 aromatic rings. The molecule has 2 aromatic heterocycles. The molecule has 3 heterocycles. The van der Waals surface area contributed by atoms with Crippen LogP contribution in [0.1, 0.15) is 5.69 Å². The number of hydrogen-bond donors (Lipinski definition) is 1. The smallest absolute Gasteiger partial charge is 0.586 e. The highest BCUT2D eigenvalue weighted by atomic mass is 32.2. The number of aromatic nitrogens is 3. The first-order valence-corrected chi connectivity index (χ1v) is 9.12. The van der Waals surface area contributed by atoms with Gasteiger partial charge in [0.2, 0.25) is 0 Å². The van der Waals surface area contributed by atoms with Crippen molar-refractivity contribution in [1.82, 2.24) is 15.0 Å². The number of nitrogens with zero attached hydrogens (tertiary/aromatic N) is 2. The molecular formula is C17H13F2N3O4S. The maximum absolute atomic E-state index is 13.1. The predicted octanol–water partition coefficient (Wildman–Crippen LogP) is 3.15. The first-order chi connectivity index (χ1) is 12.9. The molecule has 0 aliphatic carbocycles. The van der Waals surface area contributed by atoms with E-state index in [1.807, 2.05) is 0 Å². The Morgan fingerprint density at radius 1 is 1.30 bits per heavy atom. The van der Waals surface area contributed by atoms with Crippen LogP contribution in [0.25, 0.3) is 11.0 Å². The van der Waals surface area contributed by atoms with Crippen LogP contribution in [0, 0.1) is 0 Å². The molecule has 1 aliphatic heterocycles. The van der Waals surface area contributed by atoms with Gasteiger partial charge in [-0.25, -0.2) is 0 Å². The van der Waals surface area contributed by atoms with E-state index in [1.165, 1.54) is 12.1 Å². The lowest BCUT2D eigenvalue weighted by Crippen LogP contribution is -2.25. The van der Waals surface area contributed by atoms with Crippen molar-refractivity contribution in [2.75, 3.05) is 6.61 Å². The lowest BCUT2D eigenvalue weighted by molar-refractivity contribution is -0.286. The molecule has 0 spiro atoms. The van der Waals surface area contributed by atoms with E-state index < -0.39 is 17.5 Å². The minimum absolute atomic E-state index is 0.107. The molecule has 1 aromatic carbocycles. The molecule has 1 atom stereocenters. The Morgan fingerprint density at radius 2 is 2.07 bits per heavy atom. The normalized spacial score (nSPS) is 15.7. The van der Waals surface area contributed by atoms with E-state index in [-0.39, 0.29) is 22.4 Å². The van der Waals surface area contributed by atoms with Crippen LogP contribution in [0.4, 0.5) is 8.78 Å². The average Bonchev–Trinajstić information content (AvgIpc) is 3.15. The number of halogens is 2. The van der Waals surface area contributed by atoms with Gasteiger partial charge in [-0.15, -0.1) is 8.78 Å². The number of rotatable bonds is 6. The Labute approximate surface area is 155 Å². The van der Waals surface area contributed by atoms with Gasteiger partial charge >= 0.3 is 11.5 Å². The van der Waals surface area contributed by atoms with E-state index in [2.05, 4.69) is 31.0 Å². The van der Waals surface area contributed by atoms with E-state index in [0.717, 1.165) is 0 Å². The van der Waals surface area contributed by atoms with Crippen molar-refractivity contribution in [2.45, 2.75) is 17.2 Å². The van der Waals surface area contributed by atoms with E-state index in [4.69, 9.17) is 4.74 Å². The second-order valence-corrected chi connectivity index (χ2v) is 6.96. The number of nitrogens with one attached hydrogen (secondary N) is 1. The van der Waals surface area contributed by atoms with E-state index >= 15 is 0 Å². The summed E-state index contributed by atoms with van der Waals surface area (Å²) in [6, 6.07) is 6.02. The summed E-state index contributed by atoms with van der Waals surface area (Å²) in [5, 5.41) is 0.194. The van der Waals surface area contributed by atoms with Crippen LogP contribution >= 0.6 is 0 Å². The van der Waals surface area contributed by atoms with Crippen molar-refractivity contribution in [2.24, 2.45) is 0 Å². The first kappa shape index (κ1) is 17.6. The van der Waals surface area contributed by atoms with Gasteiger partial charge in [0.15, 0.2) is 17.3 Å². The van der Waals surface area contributed by atoms with Gasteiger partial charge in [0.25, 0.3) is 0 Å². The van der Waals surface area contributed by atoms with E-state index in [0.29, 0.717) is 29.1 Å². The minimum Gasteiger partial charge on any atom is -0.609 e. The van der Waals surface area contributed by atoms with Crippen LogP contribution in [0.15, 0.2) is 48.3 Å². The quantitative estimate of drug-likeness (QED) is 0.511. The molecule has 1 unspecified atom stereocenters. The SMILES string of the molecule is C=CCOc1ccnc(C[S+]([O-])c2nc3cc4c(cc3[nH]2)OC(F)(F)O4)c1. The fourth-order valence-corrected chi connectivity index (χ4v) is 3.51. The fraction of sp³-hybridized carbons (Fsp3) is 0.176.